The number of nitro groups is 1. The van der Waals surface area contributed by atoms with Crippen molar-refractivity contribution in [3.63, 3.8) is 0 Å². The summed E-state index contributed by atoms with van der Waals surface area (Å²) in [7, 11) is -4.82. The number of hydrogen-bond acceptors (Lipinski definition) is 10. The lowest BCUT2D eigenvalue weighted by molar-refractivity contribution is -0.384. The van der Waals surface area contributed by atoms with Crippen LogP contribution in [0.1, 0.15) is 22.3 Å². The second kappa shape index (κ2) is 9.30. The van der Waals surface area contributed by atoms with Crippen LogP contribution in [0.3, 0.4) is 0 Å². The number of nitrogens with one attached hydrogen (secondary N) is 1. The Morgan fingerprint density at radius 2 is 1.97 bits per heavy atom. The molecule has 1 amide bonds. The van der Waals surface area contributed by atoms with E-state index < -0.39 is 49.8 Å². The molecule has 2 aromatic rings. The fraction of sp³-hybridized carbons (Fsp3) is 0.375. The lowest BCUT2D eigenvalue weighted by Crippen LogP contribution is -2.33. The van der Waals surface area contributed by atoms with Crippen LogP contribution in [0.4, 0.5) is 11.5 Å². The number of phosphoric ester groups is 1. The number of amides is 1. The Labute approximate surface area is 179 Å². The number of anilines is 1. The summed E-state index contributed by atoms with van der Waals surface area (Å²) in [6.07, 6.45) is -4.56. The third-order valence-electron chi connectivity index (χ3n) is 4.67. The highest BCUT2D eigenvalue weighted by Crippen LogP contribution is 2.38. The molecule has 7 N–H and O–H groups in total. The molecule has 16 heteroatoms. The van der Waals surface area contributed by atoms with E-state index in [2.05, 4.69) is 14.8 Å². The quantitative estimate of drug-likeness (QED) is 0.154. The molecule has 3 rings (SSSR count). The van der Waals surface area contributed by atoms with Crippen molar-refractivity contribution in [3.05, 3.63) is 52.0 Å². The number of phosphoric acid groups is 1. The van der Waals surface area contributed by atoms with Crippen molar-refractivity contribution in [2.75, 3.05) is 12.3 Å². The van der Waals surface area contributed by atoms with E-state index >= 15 is 0 Å². The molecule has 0 radical (unpaired) electrons. The molecule has 0 bridgehead atoms. The van der Waals surface area contributed by atoms with Crippen molar-refractivity contribution in [3.8, 4) is 0 Å². The van der Waals surface area contributed by atoms with E-state index in [0.717, 1.165) is 10.9 Å². The third-order valence-corrected chi connectivity index (χ3v) is 5.15. The molecule has 0 saturated carbocycles. The summed E-state index contributed by atoms with van der Waals surface area (Å²) < 4.78 is 21.6. The van der Waals surface area contributed by atoms with Gasteiger partial charge in [0, 0.05) is 18.7 Å². The number of carbonyl (C=O) groups is 1. The van der Waals surface area contributed by atoms with E-state index in [0.29, 0.717) is 5.56 Å². The zero-order chi connectivity index (χ0) is 23.6. The summed E-state index contributed by atoms with van der Waals surface area (Å²) in [5, 5.41) is 33.5. The number of aliphatic hydroxyl groups is 2. The standard InChI is InChI=1S/C16H20N5O10P/c17-14-11(15(24)18-5-8-1-3-9(4-2-8)21(25)26)19-7-20(14)16-13(23)12(22)10(31-16)6-30-32(27,28)29/h1-4,7,10,12-13,16,22-23H,5-6,17H2,(H,18,24)(H2,27,28,29)/t10-,12-,13-,16-/m1/s1. The van der Waals surface area contributed by atoms with Gasteiger partial charge in [0.2, 0.25) is 0 Å². The van der Waals surface area contributed by atoms with E-state index in [1.165, 1.54) is 24.3 Å². The van der Waals surface area contributed by atoms with Crippen molar-refractivity contribution in [1.29, 1.82) is 0 Å². The second-order valence-corrected chi connectivity index (χ2v) is 8.06. The van der Waals surface area contributed by atoms with Crippen LogP contribution in [0.25, 0.3) is 0 Å². The molecular formula is C16H20N5O10P. The number of nitro benzene ring substituents is 1. The largest absolute Gasteiger partial charge is 0.469 e. The Bertz CT molecular complexity index is 1040. The summed E-state index contributed by atoms with van der Waals surface area (Å²) in [6.45, 7) is -0.664. The molecular weight excluding hydrogens is 453 g/mol. The van der Waals surface area contributed by atoms with Gasteiger partial charge in [-0.3, -0.25) is 24.0 Å². The van der Waals surface area contributed by atoms with Gasteiger partial charge < -0.3 is 35.8 Å². The topological polar surface area (TPSA) is 233 Å². The SMILES string of the molecule is Nc1c(C(=O)NCc2ccc([N+](=O)[O-])cc2)ncn1[C@@H]1O[C@H](COP(=O)(O)O)[C@@H](O)[C@H]1O. The minimum Gasteiger partial charge on any atom is -0.387 e. The number of imidazole rings is 1. The number of nitrogens with zero attached hydrogens (tertiary/aromatic N) is 3. The molecule has 1 aromatic heterocycles. The van der Waals surface area contributed by atoms with Crippen LogP contribution in [-0.4, -0.2) is 65.3 Å². The second-order valence-electron chi connectivity index (χ2n) is 6.82. The van der Waals surface area contributed by atoms with Gasteiger partial charge in [-0.25, -0.2) is 9.55 Å². The molecule has 0 aliphatic carbocycles. The summed E-state index contributed by atoms with van der Waals surface area (Å²) in [5.41, 5.74) is 6.23. The molecule has 1 saturated heterocycles. The van der Waals surface area contributed by atoms with E-state index in [1.54, 1.807) is 0 Å². The van der Waals surface area contributed by atoms with Gasteiger partial charge in [0.05, 0.1) is 17.9 Å². The molecule has 15 nitrogen and oxygen atoms in total. The predicted octanol–water partition coefficient (Wildman–Crippen LogP) is -0.968. The fourth-order valence-electron chi connectivity index (χ4n) is 3.02. The van der Waals surface area contributed by atoms with Gasteiger partial charge >= 0.3 is 7.82 Å². The van der Waals surface area contributed by atoms with Crippen LogP contribution in [0.15, 0.2) is 30.6 Å². The minimum absolute atomic E-state index is 0.0339. The monoisotopic (exact) mass is 473 g/mol. The van der Waals surface area contributed by atoms with Gasteiger partial charge in [0.15, 0.2) is 11.9 Å². The summed E-state index contributed by atoms with van der Waals surface area (Å²) in [4.78, 5) is 44.0. The van der Waals surface area contributed by atoms with Crippen LogP contribution in [-0.2, 0) is 20.4 Å². The molecule has 1 aliphatic rings. The summed E-state index contributed by atoms with van der Waals surface area (Å²) in [5.74, 6) is -0.868. The maximum absolute atomic E-state index is 12.4. The Balaban J connectivity index is 1.65. The number of hydrogen-bond donors (Lipinski definition) is 6. The first-order valence-electron chi connectivity index (χ1n) is 9.03. The van der Waals surface area contributed by atoms with Crippen LogP contribution < -0.4 is 11.1 Å². The van der Waals surface area contributed by atoms with Crippen LogP contribution in [0.5, 0.6) is 0 Å². The molecule has 1 fully saturated rings. The van der Waals surface area contributed by atoms with E-state index in [9.17, 15) is 29.7 Å². The number of aromatic nitrogens is 2. The van der Waals surface area contributed by atoms with Crippen molar-refractivity contribution in [1.82, 2.24) is 14.9 Å². The number of carbonyl (C=O) groups excluding carboxylic acids is 1. The van der Waals surface area contributed by atoms with E-state index in [4.69, 9.17) is 20.3 Å². The Hall–Kier alpha value is -2.91. The molecule has 0 unspecified atom stereocenters. The number of nitrogen functional groups attached to an aromatic ring is 1. The van der Waals surface area contributed by atoms with Crippen LogP contribution in [0, 0.1) is 10.1 Å². The highest BCUT2D eigenvalue weighted by molar-refractivity contribution is 7.46. The first-order chi connectivity index (χ1) is 15.0. The fourth-order valence-corrected chi connectivity index (χ4v) is 3.36. The molecule has 1 aliphatic heterocycles. The molecule has 4 atom stereocenters. The van der Waals surface area contributed by atoms with Gasteiger partial charge in [-0.05, 0) is 5.56 Å². The van der Waals surface area contributed by atoms with Crippen molar-refractivity contribution in [2.24, 2.45) is 0 Å². The number of nitrogens with two attached hydrogens (primary N) is 1. The zero-order valence-corrected chi connectivity index (χ0v) is 17.1. The minimum atomic E-state index is -4.82. The number of aliphatic hydroxyl groups excluding tert-OH is 2. The van der Waals surface area contributed by atoms with Crippen LogP contribution in [0.2, 0.25) is 0 Å². The maximum Gasteiger partial charge on any atom is 0.469 e. The molecule has 0 spiro atoms. The first-order valence-corrected chi connectivity index (χ1v) is 10.6. The van der Waals surface area contributed by atoms with Crippen molar-refractivity contribution in [2.45, 2.75) is 31.1 Å². The number of benzene rings is 1. The molecule has 32 heavy (non-hydrogen) atoms. The number of rotatable bonds is 8. The maximum atomic E-state index is 12.4. The Kier molecular flexibility index (Phi) is 6.90. The van der Waals surface area contributed by atoms with E-state index in [1.807, 2.05) is 0 Å². The Morgan fingerprint density at radius 3 is 2.56 bits per heavy atom. The first kappa shape index (κ1) is 23.7. The summed E-state index contributed by atoms with van der Waals surface area (Å²) in [6, 6.07) is 5.54. The third kappa shape index (κ3) is 5.28. The van der Waals surface area contributed by atoms with Gasteiger partial charge in [-0.15, -0.1) is 0 Å². The number of non-ortho nitro benzene ring substituents is 1. The van der Waals surface area contributed by atoms with Crippen LogP contribution >= 0.6 is 7.82 Å². The summed E-state index contributed by atoms with van der Waals surface area (Å²) >= 11 is 0. The lowest BCUT2D eigenvalue weighted by atomic mass is 10.1. The molecule has 174 valence electrons. The van der Waals surface area contributed by atoms with Gasteiger partial charge in [-0.2, -0.15) is 0 Å². The zero-order valence-electron chi connectivity index (χ0n) is 16.2. The van der Waals surface area contributed by atoms with E-state index in [-0.39, 0.29) is 23.7 Å². The smallest absolute Gasteiger partial charge is 0.387 e. The van der Waals surface area contributed by atoms with Gasteiger partial charge in [0.25, 0.3) is 11.6 Å². The average Bonchev–Trinajstić information content (AvgIpc) is 3.24. The highest BCUT2D eigenvalue weighted by Gasteiger charge is 2.45. The van der Waals surface area contributed by atoms with Gasteiger partial charge in [-0.1, -0.05) is 12.1 Å². The molecule has 1 aromatic carbocycles. The lowest BCUT2D eigenvalue weighted by Gasteiger charge is -2.17. The normalized spacial score (nSPS) is 23.2. The number of ether oxygens (including phenoxy) is 1. The molecule has 2 heterocycles. The predicted molar refractivity (Wildman–Crippen MR) is 105 cm³/mol. The average molecular weight is 473 g/mol. The van der Waals surface area contributed by atoms with Crippen molar-refractivity contribution >= 4 is 25.2 Å². The van der Waals surface area contributed by atoms with Crippen molar-refractivity contribution < 1.29 is 43.5 Å². The Morgan fingerprint density at radius 1 is 1.31 bits per heavy atom. The van der Waals surface area contributed by atoms with Gasteiger partial charge in [0.1, 0.15) is 24.1 Å². The highest BCUT2D eigenvalue weighted by atomic mass is 31.2.